The lowest BCUT2D eigenvalue weighted by atomic mass is 10.1. The standard InChI is InChI=1S/C15H18FN3O2/c1-9(2)19-14(20)8-13(18-15(19)21)17-10(3)11-4-6-12(16)7-5-11/h4-10,17H,1-3H3,(H,18,21)/t10-/m0/s1. The maximum absolute atomic E-state index is 12.9. The summed E-state index contributed by atoms with van der Waals surface area (Å²) in [5, 5.41) is 3.03. The maximum Gasteiger partial charge on any atom is 0.330 e. The molecule has 5 nitrogen and oxygen atoms in total. The first kappa shape index (κ1) is 15.0. The normalized spacial score (nSPS) is 12.4. The average molecular weight is 291 g/mol. The van der Waals surface area contributed by atoms with Gasteiger partial charge in [-0.05, 0) is 38.5 Å². The molecule has 0 amide bonds. The Labute approximate surface area is 121 Å². The number of nitrogens with zero attached hydrogens (tertiary/aromatic N) is 1. The van der Waals surface area contributed by atoms with Crippen LogP contribution in [-0.4, -0.2) is 9.55 Å². The molecule has 2 N–H and O–H groups in total. The van der Waals surface area contributed by atoms with Gasteiger partial charge in [-0.3, -0.25) is 14.3 Å². The van der Waals surface area contributed by atoms with Crippen LogP contribution < -0.4 is 16.6 Å². The molecule has 2 rings (SSSR count). The van der Waals surface area contributed by atoms with Gasteiger partial charge in [0.15, 0.2) is 0 Å². The number of aromatic nitrogens is 2. The molecule has 2 aromatic rings. The monoisotopic (exact) mass is 291 g/mol. The van der Waals surface area contributed by atoms with Gasteiger partial charge in [-0.2, -0.15) is 0 Å². The second-order valence-electron chi connectivity index (χ2n) is 5.21. The molecule has 1 atom stereocenters. The van der Waals surface area contributed by atoms with Gasteiger partial charge in [0.1, 0.15) is 11.6 Å². The summed E-state index contributed by atoms with van der Waals surface area (Å²) in [6.45, 7) is 5.40. The number of hydrogen-bond donors (Lipinski definition) is 2. The van der Waals surface area contributed by atoms with Crippen LogP contribution in [0.3, 0.4) is 0 Å². The predicted molar refractivity (Wildman–Crippen MR) is 80.1 cm³/mol. The molecule has 1 aromatic carbocycles. The Morgan fingerprint density at radius 3 is 2.29 bits per heavy atom. The van der Waals surface area contributed by atoms with E-state index in [1.165, 1.54) is 18.2 Å². The Hall–Kier alpha value is -2.37. The van der Waals surface area contributed by atoms with Gasteiger partial charge in [0.05, 0.1) is 0 Å². The van der Waals surface area contributed by atoms with Gasteiger partial charge in [-0.15, -0.1) is 0 Å². The number of H-pyrrole nitrogens is 1. The first-order valence-electron chi connectivity index (χ1n) is 6.76. The van der Waals surface area contributed by atoms with Crippen LogP contribution in [0.2, 0.25) is 0 Å². The van der Waals surface area contributed by atoms with Crippen molar-refractivity contribution in [2.45, 2.75) is 32.9 Å². The molecule has 0 spiro atoms. The second-order valence-corrected chi connectivity index (χ2v) is 5.21. The fourth-order valence-corrected chi connectivity index (χ4v) is 2.14. The van der Waals surface area contributed by atoms with Crippen LogP contribution in [0.5, 0.6) is 0 Å². The molecule has 1 heterocycles. The molecular formula is C15H18FN3O2. The van der Waals surface area contributed by atoms with Gasteiger partial charge < -0.3 is 5.32 Å². The van der Waals surface area contributed by atoms with Crippen LogP contribution in [0.15, 0.2) is 39.9 Å². The average Bonchev–Trinajstić information content (AvgIpc) is 2.37. The summed E-state index contributed by atoms with van der Waals surface area (Å²) in [6, 6.07) is 7.02. The van der Waals surface area contributed by atoms with E-state index >= 15 is 0 Å². The number of hydrogen-bond acceptors (Lipinski definition) is 3. The van der Waals surface area contributed by atoms with E-state index in [4.69, 9.17) is 0 Å². The Balaban J connectivity index is 2.26. The summed E-state index contributed by atoms with van der Waals surface area (Å²) >= 11 is 0. The molecule has 0 fully saturated rings. The van der Waals surface area contributed by atoms with Crippen molar-refractivity contribution < 1.29 is 4.39 Å². The Bertz CT molecular complexity index is 701. The van der Waals surface area contributed by atoms with Crippen molar-refractivity contribution in [1.82, 2.24) is 9.55 Å². The van der Waals surface area contributed by atoms with Gasteiger partial charge in [0.2, 0.25) is 0 Å². The molecule has 6 heteroatoms. The molecule has 0 saturated carbocycles. The third-order valence-electron chi connectivity index (χ3n) is 3.22. The number of aromatic amines is 1. The van der Waals surface area contributed by atoms with E-state index in [-0.39, 0.29) is 23.5 Å². The van der Waals surface area contributed by atoms with E-state index in [0.29, 0.717) is 5.82 Å². The number of anilines is 1. The van der Waals surface area contributed by atoms with Gasteiger partial charge >= 0.3 is 5.69 Å². The third-order valence-corrected chi connectivity index (χ3v) is 3.22. The Morgan fingerprint density at radius 2 is 1.76 bits per heavy atom. The molecule has 0 aliphatic heterocycles. The highest BCUT2D eigenvalue weighted by Crippen LogP contribution is 2.16. The minimum Gasteiger partial charge on any atom is -0.365 e. The largest absolute Gasteiger partial charge is 0.365 e. The van der Waals surface area contributed by atoms with Crippen molar-refractivity contribution in [3.63, 3.8) is 0 Å². The first-order chi connectivity index (χ1) is 9.88. The molecule has 0 aliphatic carbocycles. The maximum atomic E-state index is 12.9. The quantitative estimate of drug-likeness (QED) is 0.909. The highest BCUT2D eigenvalue weighted by molar-refractivity contribution is 5.36. The minimum atomic E-state index is -0.452. The van der Waals surface area contributed by atoms with Crippen molar-refractivity contribution >= 4 is 5.82 Å². The lowest BCUT2D eigenvalue weighted by molar-refractivity contribution is 0.546. The highest BCUT2D eigenvalue weighted by Gasteiger charge is 2.10. The topological polar surface area (TPSA) is 66.9 Å². The van der Waals surface area contributed by atoms with Crippen molar-refractivity contribution in [1.29, 1.82) is 0 Å². The van der Waals surface area contributed by atoms with Crippen molar-refractivity contribution in [3.05, 3.63) is 62.6 Å². The van der Waals surface area contributed by atoms with Gasteiger partial charge in [0.25, 0.3) is 5.56 Å². The first-order valence-corrected chi connectivity index (χ1v) is 6.76. The number of nitrogens with one attached hydrogen (secondary N) is 2. The smallest absolute Gasteiger partial charge is 0.330 e. The highest BCUT2D eigenvalue weighted by atomic mass is 19.1. The minimum absolute atomic E-state index is 0.171. The molecule has 112 valence electrons. The van der Waals surface area contributed by atoms with Crippen molar-refractivity contribution in [3.8, 4) is 0 Å². The number of benzene rings is 1. The molecular weight excluding hydrogens is 273 g/mol. The third kappa shape index (κ3) is 3.39. The molecule has 0 unspecified atom stereocenters. The SMILES string of the molecule is CC(C)n1c(=O)cc(N[C@@H](C)c2ccc(F)cc2)[nH]c1=O. The zero-order chi connectivity index (χ0) is 15.6. The Morgan fingerprint density at radius 1 is 1.14 bits per heavy atom. The summed E-state index contributed by atoms with van der Waals surface area (Å²) in [4.78, 5) is 26.4. The van der Waals surface area contributed by atoms with E-state index in [0.717, 1.165) is 10.1 Å². The summed E-state index contributed by atoms with van der Waals surface area (Å²) in [5.41, 5.74) is 0.0409. The van der Waals surface area contributed by atoms with E-state index in [1.54, 1.807) is 26.0 Å². The van der Waals surface area contributed by atoms with E-state index in [2.05, 4.69) is 10.3 Å². The van der Waals surface area contributed by atoms with E-state index in [1.807, 2.05) is 6.92 Å². The molecule has 21 heavy (non-hydrogen) atoms. The lowest BCUT2D eigenvalue weighted by Crippen LogP contribution is -2.36. The van der Waals surface area contributed by atoms with Crippen LogP contribution >= 0.6 is 0 Å². The van der Waals surface area contributed by atoms with Gasteiger partial charge in [0, 0.05) is 18.2 Å². The zero-order valence-electron chi connectivity index (χ0n) is 12.2. The van der Waals surface area contributed by atoms with Gasteiger partial charge in [-0.1, -0.05) is 12.1 Å². The van der Waals surface area contributed by atoms with Crippen molar-refractivity contribution in [2.75, 3.05) is 5.32 Å². The Kier molecular flexibility index (Phi) is 4.26. The van der Waals surface area contributed by atoms with Gasteiger partial charge in [-0.25, -0.2) is 9.18 Å². The molecule has 0 radical (unpaired) electrons. The summed E-state index contributed by atoms with van der Waals surface area (Å²) in [7, 11) is 0. The number of rotatable bonds is 4. The fraction of sp³-hybridized carbons (Fsp3) is 0.333. The van der Waals surface area contributed by atoms with E-state index in [9.17, 15) is 14.0 Å². The van der Waals surface area contributed by atoms with Crippen LogP contribution in [0.4, 0.5) is 10.2 Å². The number of halogens is 1. The molecule has 0 aliphatic rings. The zero-order valence-corrected chi connectivity index (χ0v) is 12.2. The summed E-state index contributed by atoms with van der Waals surface area (Å²) < 4.78 is 14.0. The summed E-state index contributed by atoms with van der Waals surface area (Å²) in [6.07, 6.45) is 0. The van der Waals surface area contributed by atoms with Crippen LogP contribution in [0, 0.1) is 5.82 Å². The summed E-state index contributed by atoms with van der Waals surface area (Å²) in [5.74, 6) is 0.0395. The molecule has 0 saturated heterocycles. The second kappa shape index (κ2) is 5.95. The molecule has 0 bridgehead atoms. The van der Waals surface area contributed by atoms with E-state index < -0.39 is 5.69 Å². The van der Waals surface area contributed by atoms with Crippen LogP contribution in [0.25, 0.3) is 0 Å². The fourth-order valence-electron chi connectivity index (χ4n) is 2.14. The predicted octanol–water partition coefficient (Wildman–Crippen LogP) is 2.43. The van der Waals surface area contributed by atoms with Crippen LogP contribution in [-0.2, 0) is 0 Å². The van der Waals surface area contributed by atoms with Crippen LogP contribution in [0.1, 0.15) is 38.4 Å². The molecule has 1 aromatic heterocycles. The lowest BCUT2D eigenvalue weighted by Gasteiger charge is -2.16. The van der Waals surface area contributed by atoms with Crippen molar-refractivity contribution in [2.24, 2.45) is 0 Å².